The number of rotatable bonds is 6. The Morgan fingerprint density at radius 2 is 1.92 bits per heavy atom. The van der Waals surface area contributed by atoms with Gasteiger partial charge in [-0.2, -0.15) is 13.2 Å². The summed E-state index contributed by atoms with van der Waals surface area (Å²) in [4.78, 5) is 32.6. The molecule has 1 aromatic carbocycles. The average molecular weight is 507 g/mol. The van der Waals surface area contributed by atoms with Crippen LogP contribution in [0.4, 0.5) is 23.7 Å². The third-order valence-corrected chi connectivity index (χ3v) is 7.51. The second kappa shape index (κ2) is 9.78. The number of piperidine rings is 1. The molecule has 0 saturated carbocycles. The molecular weight excluding hydrogens is 473 g/mol. The maximum Gasteiger partial charge on any atom is 0.418 e. The lowest BCUT2D eigenvalue weighted by atomic mass is 9.72. The molecule has 2 aliphatic rings. The van der Waals surface area contributed by atoms with Crippen LogP contribution in [0.1, 0.15) is 45.6 Å². The Morgan fingerprint density at radius 3 is 2.53 bits per heavy atom. The smallest absolute Gasteiger partial charge is 0.418 e. The van der Waals surface area contributed by atoms with Gasteiger partial charge in [0.25, 0.3) is 0 Å². The van der Waals surface area contributed by atoms with Crippen molar-refractivity contribution in [3.63, 3.8) is 0 Å². The maximum absolute atomic E-state index is 13.6. The van der Waals surface area contributed by atoms with Gasteiger partial charge in [0.15, 0.2) is 0 Å². The van der Waals surface area contributed by atoms with Gasteiger partial charge in [0.2, 0.25) is 5.91 Å². The van der Waals surface area contributed by atoms with E-state index in [1.165, 1.54) is 12.3 Å². The summed E-state index contributed by atoms with van der Waals surface area (Å²) in [6, 6.07) is 5.89. The first kappa shape index (κ1) is 26.0. The Balaban J connectivity index is 1.69. The molecule has 36 heavy (non-hydrogen) atoms. The van der Waals surface area contributed by atoms with Crippen molar-refractivity contribution in [1.29, 1.82) is 0 Å². The highest BCUT2D eigenvalue weighted by Gasteiger charge is 2.44. The second-order valence-electron chi connectivity index (χ2n) is 10.6. The zero-order chi connectivity index (χ0) is 26.3. The summed E-state index contributed by atoms with van der Waals surface area (Å²) in [6.45, 7) is 8.22. The van der Waals surface area contributed by atoms with E-state index in [1.54, 1.807) is 30.9 Å². The van der Waals surface area contributed by atoms with Gasteiger partial charge >= 0.3 is 12.3 Å². The molecule has 2 N–H and O–H groups in total. The Kier molecular flexibility index (Phi) is 7.07. The molecule has 3 heterocycles. The van der Waals surface area contributed by atoms with Crippen molar-refractivity contribution in [3.8, 4) is 0 Å². The average Bonchev–Trinajstić information content (AvgIpc) is 2.73. The van der Waals surface area contributed by atoms with Gasteiger partial charge in [-0.05, 0) is 62.8 Å². The summed E-state index contributed by atoms with van der Waals surface area (Å²) >= 11 is 0. The zero-order valence-electron chi connectivity index (χ0n) is 20.8. The molecule has 7 nitrogen and oxygen atoms in total. The number of nitrogens with zero attached hydrogens (tertiary/aromatic N) is 3. The molecule has 0 radical (unpaired) electrons. The molecule has 3 atom stereocenters. The van der Waals surface area contributed by atoms with E-state index in [4.69, 9.17) is 10.5 Å². The minimum atomic E-state index is -4.51. The Labute approximate surface area is 208 Å². The molecule has 10 heteroatoms. The number of primary amides is 1. The highest BCUT2D eigenvalue weighted by molar-refractivity contribution is 5.94. The molecule has 196 valence electrons. The van der Waals surface area contributed by atoms with Crippen molar-refractivity contribution in [2.75, 3.05) is 31.1 Å². The van der Waals surface area contributed by atoms with Crippen molar-refractivity contribution in [2.45, 2.75) is 51.8 Å². The number of fused-ring (bicyclic) bond motifs is 1. The predicted molar refractivity (Wildman–Crippen MR) is 130 cm³/mol. The van der Waals surface area contributed by atoms with Gasteiger partial charge in [-0.15, -0.1) is 0 Å². The SMILES string of the molecule is C[C@H]1C[C@H](C(CC(=O)N2CCC2)C(C)(C)OC(N)=O)CN(c2ccc(C(F)(F)F)c3ncccc23)C1. The quantitative estimate of drug-likeness (QED) is 0.606. The highest BCUT2D eigenvalue weighted by Crippen LogP contribution is 2.42. The topological polar surface area (TPSA) is 88.8 Å². The van der Waals surface area contributed by atoms with E-state index in [0.29, 0.717) is 24.2 Å². The number of hydrogen-bond acceptors (Lipinski definition) is 5. The number of pyridine rings is 1. The largest absolute Gasteiger partial charge is 0.443 e. The van der Waals surface area contributed by atoms with E-state index < -0.39 is 23.4 Å². The molecule has 4 rings (SSSR count). The molecule has 2 fully saturated rings. The summed E-state index contributed by atoms with van der Waals surface area (Å²) < 4.78 is 46.4. The van der Waals surface area contributed by atoms with Gasteiger partial charge in [0.1, 0.15) is 5.60 Å². The number of aromatic nitrogens is 1. The van der Waals surface area contributed by atoms with Gasteiger partial charge in [0.05, 0.1) is 11.1 Å². The van der Waals surface area contributed by atoms with Gasteiger partial charge in [0, 0.05) is 55.8 Å². The van der Waals surface area contributed by atoms with Gasteiger partial charge in [-0.3, -0.25) is 9.78 Å². The molecular formula is C26H33F3N4O3. The van der Waals surface area contributed by atoms with Crippen LogP contribution >= 0.6 is 0 Å². The monoisotopic (exact) mass is 506 g/mol. The van der Waals surface area contributed by atoms with Crippen LogP contribution in [0.3, 0.4) is 0 Å². The summed E-state index contributed by atoms with van der Waals surface area (Å²) in [5.74, 6) is -0.158. The highest BCUT2D eigenvalue weighted by atomic mass is 19.4. The summed E-state index contributed by atoms with van der Waals surface area (Å²) in [7, 11) is 0. The number of anilines is 1. The first-order valence-electron chi connectivity index (χ1n) is 12.3. The molecule has 0 bridgehead atoms. The molecule has 2 saturated heterocycles. The van der Waals surface area contributed by atoms with Crippen molar-refractivity contribution in [2.24, 2.45) is 23.5 Å². The standard InChI is InChI=1S/C26H33F3N4O3/c1-16-12-17(20(25(2,3)36-24(30)35)13-22(34)32-10-5-11-32)15-33(14-16)21-8-7-19(26(27,28)29)23-18(21)6-4-9-31-23/h4,6-9,16-17,20H,5,10-15H2,1-3H3,(H2,30,35)/t16-,17-,20?/m0/s1. The van der Waals surface area contributed by atoms with E-state index in [-0.39, 0.29) is 35.6 Å². The minimum Gasteiger partial charge on any atom is -0.443 e. The third-order valence-electron chi connectivity index (χ3n) is 7.51. The van der Waals surface area contributed by atoms with Gasteiger partial charge in [-0.25, -0.2) is 4.79 Å². The van der Waals surface area contributed by atoms with Crippen LogP contribution < -0.4 is 10.6 Å². The lowest BCUT2D eigenvalue weighted by molar-refractivity contribution is -0.139. The van der Waals surface area contributed by atoms with Crippen molar-refractivity contribution in [1.82, 2.24) is 9.88 Å². The number of benzene rings is 1. The second-order valence-corrected chi connectivity index (χ2v) is 10.6. The fourth-order valence-corrected chi connectivity index (χ4v) is 5.75. The normalized spacial score (nSPS) is 21.7. The van der Waals surface area contributed by atoms with Crippen LogP contribution in [0.15, 0.2) is 30.5 Å². The van der Waals surface area contributed by atoms with Crippen LogP contribution in [0, 0.1) is 17.8 Å². The summed E-state index contributed by atoms with van der Waals surface area (Å²) in [5.41, 5.74) is 4.19. The Morgan fingerprint density at radius 1 is 1.19 bits per heavy atom. The first-order chi connectivity index (χ1) is 16.9. The number of halogens is 3. The maximum atomic E-state index is 13.6. The molecule has 2 aromatic rings. The van der Waals surface area contributed by atoms with E-state index in [9.17, 15) is 22.8 Å². The number of ether oxygens (including phenoxy) is 1. The van der Waals surface area contributed by atoms with Crippen LogP contribution in [0.25, 0.3) is 10.9 Å². The Bertz CT molecular complexity index is 1130. The van der Waals surface area contributed by atoms with Crippen molar-refractivity contribution < 1.29 is 27.5 Å². The molecule has 0 spiro atoms. The third kappa shape index (κ3) is 5.37. The minimum absolute atomic E-state index is 0.0151. The number of alkyl halides is 3. The van der Waals surface area contributed by atoms with Gasteiger partial charge in [-0.1, -0.05) is 6.92 Å². The number of amides is 2. The molecule has 1 aromatic heterocycles. The van der Waals surface area contributed by atoms with E-state index >= 15 is 0 Å². The number of likely N-dealkylation sites (tertiary alicyclic amines) is 1. The van der Waals surface area contributed by atoms with E-state index in [0.717, 1.165) is 32.0 Å². The van der Waals surface area contributed by atoms with Gasteiger partial charge < -0.3 is 20.3 Å². The first-order valence-corrected chi connectivity index (χ1v) is 12.3. The van der Waals surface area contributed by atoms with E-state index in [1.807, 2.05) is 0 Å². The number of hydrogen-bond donors (Lipinski definition) is 1. The van der Waals surface area contributed by atoms with Crippen LogP contribution in [0.2, 0.25) is 0 Å². The lowest BCUT2D eigenvalue weighted by Crippen LogP contribution is -2.52. The fourth-order valence-electron chi connectivity index (χ4n) is 5.75. The lowest BCUT2D eigenvalue weighted by Gasteiger charge is -2.46. The zero-order valence-corrected chi connectivity index (χ0v) is 20.8. The van der Waals surface area contributed by atoms with Crippen molar-refractivity contribution in [3.05, 3.63) is 36.0 Å². The van der Waals surface area contributed by atoms with Crippen LogP contribution in [-0.2, 0) is 15.7 Å². The number of nitrogens with two attached hydrogens (primary N) is 1. The Hall–Kier alpha value is -3.04. The molecule has 2 aliphatic heterocycles. The summed E-state index contributed by atoms with van der Waals surface area (Å²) in [6.07, 6.45) is -2.08. The number of carbonyl (C=O) groups excluding carboxylic acids is 2. The van der Waals surface area contributed by atoms with Crippen molar-refractivity contribution >= 4 is 28.6 Å². The predicted octanol–water partition coefficient (Wildman–Crippen LogP) is 4.83. The van der Waals surface area contributed by atoms with E-state index in [2.05, 4.69) is 16.8 Å². The van der Waals surface area contributed by atoms with Crippen LogP contribution in [0.5, 0.6) is 0 Å². The molecule has 0 aliphatic carbocycles. The summed E-state index contributed by atoms with van der Waals surface area (Å²) in [5, 5.41) is 0.432. The van der Waals surface area contributed by atoms with Crippen LogP contribution in [-0.4, -0.2) is 53.7 Å². The molecule has 2 amide bonds. The number of carbonyl (C=O) groups is 2. The molecule has 1 unspecified atom stereocenters. The fraction of sp³-hybridized carbons (Fsp3) is 0.577.